The first kappa shape index (κ1) is 22.2. The van der Waals surface area contributed by atoms with Crippen LogP contribution in [0.15, 0.2) is 66.8 Å². The normalized spacial score (nSPS) is 17.6. The molecule has 3 rings (SSSR count). The number of carbonyl (C=O) groups excluding carboxylic acids is 2. The largest absolute Gasteiger partial charge is 0.507 e. The zero-order valence-corrected chi connectivity index (χ0v) is 17.8. The lowest BCUT2D eigenvalue weighted by atomic mass is 9.95. The van der Waals surface area contributed by atoms with Crippen molar-refractivity contribution in [2.75, 3.05) is 20.3 Å². The molecule has 1 atom stereocenters. The van der Waals surface area contributed by atoms with E-state index in [-0.39, 0.29) is 11.3 Å². The Kier molecular flexibility index (Phi) is 7.13. The molecule has 1 fully saturated rings. The molecule has 2 aromatic carbocycles. The van der Waals surface area contributed by atoms with Crippen molar-refractivity contribution in [1.82, 2.24) is 4.90 Å². The first-order valence-electron chi connectivity index (χ1n) is 10.3. The fourth-order valence-corrected chi connectivity index (χ4v) is 3.59. The molecule has 0 saturated carbocycles. The first-order valence-corrected chi connectivity index (χ1v) is 10.3. The molecule has 1 heterocycles. The van der Waals surface area contributed by atoms with E-state index in [2.05, 4.69) is 6.58 Å². The number of aliphatic hydroxyl groups excluding tert-OH is 1. The molecule has 162 valence electrons. The maximum Gasteiger partial charge on any atom is 0.295 e. The number of likely N-dealkylation sites (tertiary alicyclic amines) is 1. The van der Waals surface area contributed by atoms with Crippen molar-refractivity contribution in [3.05, 3.63) is 77.9 Å². The van der Waals surface area contributed by atoms with Crippen LogP contribution in [0.3, 0.4) is 0 Å². The number of nitrogens with zero attached hydrogens (tertiary/aromatic N) is 1. The lowest BCUT2D eigenvalue weighted by molar-refractivity contribution is -0.139. The first-order chi connectivity index (χ1) is 15.0. The molecule has 0 bridgehead atoms. The standard InChI is InChI=1S/C25H27NO5/c1-4-6-15-26-22(17-7-11-19(30-3)12-8-17)21(24(28)25(26)29)23(27)18-9-13-20(14-10-18)31-16-5-2/h5,7-14,22,27H,2,4,6,15-16H2,1,3H3. The maximum atomic E-state index is 12.9. The van der Waals surface area contributed by atoms with Gasteiger partial charge < -0.3 is 19.5 Å². The smallest absolute Gasteiger partial charge is 0.295 e. The van der Waals surface area contributed by atoms with Crippen LogP contribution >= 0.6 is 0 Å². The fourth-order valence-electron chi connectivity index (χ4n) is 3.59. The van der Waals surface area contributed by atoms with E-state index in [4.69, 9.17) is 9.47 Å². The number of aliphatic hydroxyl groups is 1. The van der Waals surface area contributed by atoms with Crippen molar-refractivity contribution in [3.8, 4) is 11.5 Å². The van der Waals surface area contributed by atoms with Gasteiger partial charge in [-0.25, -0.2) is 0 Å². The van der Waals surface area contributed by atoms with Crippen LogP contribution in [0, 0.1) is 0 Å². The summed E-state index contributed by atoms with van der Waals surface area (Å²) >= 11 is 0. The molecule has 6 heteroatoms. The van der Waals surface area contributed by atoms with E-state index in [1.165, 1.54) is 0 Å². The van der Waals surface area contributed by atoms with E-state index in [0.29, 0.717) is 30.2 Å². The van der Waals surface area contributed by atoms with Gasteiger partial charge in [-0.2, -0.15) is 0 Å². The van der Waals surface area contributed by atoms with Crippen LogP contribution in [0.1, 0.15) is 36.9 Å². The number of amides is 1. The minimum Gasteiger partial charge on any atom is -0.507 e. The van der Waals surface area contributed by atoms with Gasteiger partial charge in [0.25, 0.3) is 11.7 Å². The minimum atomic E-state index is -0.679. The Labute approximate surface area is 182 Å². The second-order valence-electron chi connectivity index (χ2n) is 7.24. The van der Waals surface area contributed by atoms with Gasteiger partial charge in [-0.05, 0) is 48.4 Å². The summed E-state index contributed by atoms with van der Waals surface area (Å²) < 4.78 is 10.7. The van der Waals surface area contributed by atoms with Crippen molar-refractivity contribution in [2.45, 2.75) is 25.8 Å². The number of benzene rings is 2. The predicted octanol–water partition coefficient (Wildman–Crippen LogP) is 4.48. The van der Waals surface area contributed by atoms with Crippen LogP contribution in [0.25, 0.3) is 5.76 Å². The van der Waals surface area contributed by atoms with Gasteiger partial charge in [-0.1, -0.05) is 38.1 Å². The fraction of sp³-hybridized carbons (Fsp3) is 0.280. The van der Waals surface area contributed by atoms with Crippen molar-refractivity contribution in [1.29, 1.82) is 0 Å². The van der Waals surface area contributed by atoms with Gasteiger partial charge in [-0.3, -0.25) is 9.59 Å². The monoisotopic (exact) mass is 421 g/mol. The van der Waals surface area contributed by atoms with E-state index < -0.39 is 17.7 Å². The third kappa shape index (κ3) is 4.63. The summed E-state index contributed by atoms with van der Waals surface area (Å²) in [6, 6.07) is 13.3. The average Bonchev–Trinajstić information content (AvgIpc) is 3.06. The number of methoxy groups -OCH3 is 1. The number of rotatable bonds is 9. The highest BCUT2D eigenvalue weighted by Gasteiger charge is 2.45. The molecular weight excluding hydrogens is 394 g/mol. The Bertz CT molecular complexity index is 976. The minimum absolute atomic E-state index is 0.0889. The number of hydrogen-bond donors (Lipinski definition) is 1. The zero-order chi connectivity index (χ0) is 22.4. The van der Waals surface area contributed by atoms with Crippen LogP contribution in [0.2, 0.25) is 0 Å². The molecule has 6 nitrogen and oxygen atoms in total. The molecule has 0 aromatic heterocycles. The molecule has 2 aromatic rings. The van der Waals surface area contributed by atoms with Gasteiger partial charge in [0, 0.05) is 12.1 Å². The van der Waals surface area contributed by atoms with Gasteiger partial charge >= 0.3 is 0 Å². The third-order valence-electron chi connectivity index (χ3n) is 5.22. The molecule has 1 amide bonds. The van der Waals surface area contributed by atoms with E-state index in [0.717, 1.165) is 18.4 Å². The van der Waals surface area contributed by atoms with E-state index in [1.54, 1.807) is 54.5 Å². The van der Waals surface area contributed by atoms with Crippen molar-refractivity contribution in [2.24, 2.45) is 0 Å². The summed E-state index contributed by atoms with van der Waals surface area (Å²) in [5.41, 5.74) is 1.27. The number of unbranched alkanes of at least 4 members (excludes halogenated alkanes) is 1. The maximum absolute atomic E-state index is 12.9. The quantitative estimate of drug-likeness (QED) is 0.280. The third-order valence-corrected chi connectivity index (χ3v) is 5.22. The summed E-state index contributed by atoms with van der Waals surface area (Å²) in [5.74, 6) is -0.187. The topological polar surface area (TPSA) is 76.1 Å². The van der Waals surface area contributed by atoms with Crippen LogP contribution < -0.4 is 9.47 Å². The van der Waals surface area contributed by atoms with Gasteiger partial charge in [0.15, 0.2) is 0 Å². The molecule has 1 unspecified atom stereocenters. The van der Waals surface area contributed by atoms with Crippen LogP contribution in [-0.4, -0.2) is 42.0 Å². The Morgan fingerprint density at radius 2 is 1.74 bits per heavy atom. The summed E-state index contributed by atoms with van der Waals surface area (Å²) in [7, 11) is 1.57. The number of ether oxygens (including phenoxy) is 2. The van der Waals surface area contributed by atoms with Gasteiger partial charge in [-0.15, -0.1) is 0 Å². The predicted molar refractivity (Wildman–Crippen MR) is 119 cm³/mol. The highest BCUT2D eigenvalue weighted by Crippen LogP contribution is 2.40. The van der Waals surface area contributed by atoms with Crippen molar-refractivity contribution >= 4 is 17.4 Å². The summed E-state index contributed by atoms with van der Waals surface area (Å²) in [4.78, 5) is 27.3. The van der Waals surface area contributed by atoms with Crippen molar-refractivity contribution in [3.63, 3.8) is 0 Å². The summed E-state index contributed by atoms with van der Waals surface area (Å²) in [5, 5.41) is 11.0. The highest BCUT2D eigenvalue weighted by molar-refractivity contribution is 6.46. The lowest BCUT2D eigenvalue weighted by Crippen LogP contribution is -2.30. The number of carbonyl (C=O) groups is 2. The molecule has 0 spiro atoms. The van der Waals surface area contributed by atoms with E-state index in [1.807, 2.05) is 19.1 Å². The highest BCUT2D eigenvalue weighted by atomic mass is 16.5. The molecule has 0 radical (unpaired) electrons. The average molecular weight is 421 g/mol. The number of ketones is 1. The number of hydrogen-bond acceptors (Lipinski definition) is 5. The Balaban J connectivity index is 2.05. The Hall–Kier alpha value is -3.54. The molecule has 1 aliphatic heterocycles. The summed E-state index contributed by atoms with van der Waals surface area (Å²) in [6.45, 7) is 6.43. The van der Waals surface area contributed by atoms with Gasteiger partial charge in [0.05, 0.1) is 18.7 Å². The Morgan fingerprint density at radius 1 is 1.10 bits per heavy atom. The van der Waals surface area contributed by atoms with Gasteiger partial charge in [0.2, 0.25) is 0 Å². The molecule has 1 aliphatic rings. The van der Waals surface area contributed by atoms with Gasteiger partial charge in [0.1, 0.15) is 23.9 Å². The molecule has 0 aliphatic carbocycles. The Morgan fingerprint density at radius 3 is 2.32 bits per heavy atom. The molecule has 31 heavy (non-hydrogen) atoms. The lowest BCUT2D eigenvalue weighted by Gasteiger charge is -2.25. The van der Waals surface area contributed by atoms with Crippen LogP contribution in [0.4, 0.5) is 0 Å². The summed E-state index contributed by atoms with van der Waals surface area (Å²) in [6.07, 6.45) is 3.28. The van der Waals surface area contributed by atoms with Crippen LogP contribution in [0.5, 0.6) is 11.5 Å². The zero-order valence-electron chi connectivity index (χ0n) is 17.8. The SMILES string of the molecule is C=CCOc1ccc(C(O)=C2C(=O)C(=O)N(CCCC)C2c2ccc(OC)cc2)cc1. The molecule has 1 saturated heterocycles. The van der Waals surface area contributed by atoms with Crippen molar-refractivity contribution < 1.29 is 24.2 Å². The second-order valence-corrected chi connectivity index (χ2v) is 7.24. The molecular formula is C25H27NO5. The second kappa shape index (κ2) is 9.98. The van der Waals surface area contributed by atoms with E-state index in [9.17, 15) is 14.7 Å². The number of Topliss-reactive ketones (excluding diaryl/α,β-unsaturated/α-hetero) is 1. The van der Waals surface area contributed by atoms with E-state index >= 15 is 0 Å². The molecule has 1 N–H and O–H groups in total. The van der Waals surface area contributed by atoms with Crippen LogP contribution in [-0.2, 0) is 9.59 Å².